The quantitative estimate of drug-likeness (QED) is 0.794. The van der Waals surface area contributed by atoms with E-state index in [1.807, 2.05) is 13.0 Å². The lowest BCUT2D eigenvalue weighted by atomic mass is 10.1. The molecule has 0 aliphatic carbocycles. The van der Waals surface area contributed by atoms with E-state index in [4.69, 9.17) is 5.73 Å². The molecule has 0 radical (unpaired) electrons. The lowest BCUT2D eigenvalue weighted by Gasteiger charge is -2.22. The van der Waals surface area contributed by atoms with Crippen LogP contribution in [-0.2, 0) is 11.2 Å². The number of fused-ring (bicyclic) bond motifs is 1. The van der Waals surface area contributed by atoms with Crippen molar-refractivity contribution in [2.24, 2.45) is 5.73 Å². The molecule has 110 valence electrons. The van der Waals surface area contributed by atoms with Gasteiger partial charge in [0.15, 0.2) is 0 Å². The fraction of sp³-hybridized carbons (Fsp3) is 0.533. The Morgan fingerprint density at radius 3 is 3.05 bits per heavy atom. The Hall–Kier alpha value is -1.62. The summed E-state index contributed by atoms with van der Waals surface area (Å²) >= 11 is 0. The highest BCUT2D eigenvalue weighted by Crippen LogP contribution is 2.28. The highest BCUT2D eigenvalue weighted by molar-refractivity contribution is 5.79. The van der Waals surface area contributed by atoms with Gasteiger partial charge < -0.3 is 16.0 Å². The van der Waals surface area contributed by atoms with Gasteiger partial charge in [0.25, 0.3) is 0 Å². The Balaban J connectivity index is 1.95. The summed E-state index contributed by atoms with van der Waals surface area (Å²) in [5.74, 6) is -0.539. The van der Waals surface area contributed by atoms with E-state index in [9.17, 15) is 9.18 Å². The molecule has 1 aliphatic heterocycles. The van der Waals surface area contributed by atoms with Gasteiger partial charge in [-0.2, -0.15) is 0 Å². The second-order valence-electron chi connectivity index (χ2n) is 5.21. The van der Waals surface area contributed by atoms with Gasteiger partial charge in [-0.3, -0.25) is 4.79 Å². The van der Waals surface area contributed by atoms with Crippen molar-refractivity contribution in [1.82, 2.24) is 5.32 Å². The molecule has 0 bridgehead atoms. The Labute approximate surface area is 119 Å². The van der Waals surface area contributed by atoms with Crippen LogP contribution in [-0.4, -0.2) is 31.6 Å². The number of anilines is 1. The standard InChI is InChI=1S/C15H22FN3O/c1-2-7-18-13(15(17)20)6-9-19-8-5-11-3-4-12(16)10-14(11)19/h3-4,10,13,18H,2,5-9H2,1H3,(H2,17,20). The molecule has 1 aliphatic rings. The fourth-order valence-corrected chi connectivity index (χ4v) is 2.60. The molecule has 4 nitrogen and oxygen atoms in total. The van der Waals surface area contributed by atoms with Crippen molar-refractivity contribution in [1.29, 1.82) is 0 Å². The van der Waals surface area contributed by atoms with E-state index in [0.717, 1.165) is 31.6 Å². The molecular formula is C15H22FN3O. The van der Waals surface area contributed by atoms with Crippen molar-refractivity contribution in [3.8, 4) is 0 Å². The van der Waals surface area contributed by atoms with Crippen LogP contribution in [0.5, 0.6) is 0 Å². The molecule has 1 amide bonds. The van der Waals surface area contributed by atoms with Crippen molar-refractivity contribution in [3.05, 3.63) is 29.6 Å². The van der Waals surface area contributed by atoms with Gasteiger partial charge >= 0.3 is 0 Å². The molecule has 1 heterocycles. The average Bonchev–Trinajstić information content (AvgIpc) is 2.81. The maximum atomic E-state index is 13.3. The lowest BCUT2D eigenvalue weighted by Crippen LogP contribution is -2.43. The predicted octanol–water partition coefficient (Wildman–Crippen LogP) is 1.43. The van der Waals surface area contributed by atoms with Crippen molar-refractivity contribution >= 4 is 11.6 Å². The summed E-state index contributed by atoms with van der Waals surface area (Å²) in [4.78, 5) is 13.5. The van der Waals surface area contributed by atoms with Gasteiger partial charge in [0.1, 0.15) is 5.82 Å². The minimum Gasteiger partial charge on any atom is -0.371 e. The summed E-state index contributed by atoms with van der Waals surface area (Å²) in [6, 6.07) is 4.59. The third-order valence-corrected chi connectivity index (χ3v) is 3.71. The maximum Gasteiger partial charge on any atom is 0.234 e. The SMILES string of the molecule is CCCNC(CCN1CCc2ccc(F)cc21)C(N)=O. The third-order valence-electron chi connectivity index (χ3n) is 3.71. The highest BCUT2D eigenvalue weighted by Gasteiger charge is 2.22. The van der Waals surface area contributed by atoms with Gasteiger partial charge in [-0.1, -0.05) is 13.0 Å². The number of halogens is 1. The highest BCUT2D eigenvalue weighted by atomic mass is 19.1. The molecule has 0 aromatic heterocycles. The monoisotopic (exact) mass is 279 g/mol. The van der Waals surface area contributed by atoms with E-state index in [1.54, 1.807) is 6.07 Å². The predicted molar refractivity (Wildman–Crippen MR) is 78.2 cm³/mol. The number of hydrogen-bond donors (Lipinski definition) is 2. The summed E-state index contributed by atoms with van der Waals surface area (Å²) in [5.41, 5.74) is 7.52. The van der Waals surface area contributed by atoms with E-state index in [-0.39, 0.29) is 17.8 Å². The Bertz CT molecular complexity index is 478. The minimum absolute atomic E-state index is 0.216. The molecule has 3 N–H and O–H groups in total. The molecule has 0 spiro atoms. The number of benzene rings is 1. The number of nitrogens with zero attached hydrogens (tertiary/aromatic N) is 1. The van der Waals surface area contributed by atoms with E-state index in [0.29, 0.717) is 13.0 Å². The van der Waals surface area contributed by atoms with Gasteiger partial charge in [-0.25, -0.2) is 4.39 Å². The molecule has 5 heteroatoms. The first-order valence-corrected chi connectivity index (χ1v) is 7.18. The molecule has 20 heavy (non-hydrogen) atoms. The largest absolute Gasteiger partial charge is 0.371 e. The van der Waals surface area contributed by atoms with E-state index < -0.39 is 0 Å². The zero-order valence-corrected chi connectivity index (χ0v) is 11.9. The van der Waals surface area contributed by atoms with Crippen LogP contribution in [0.3, 0.4) is 0 Å². The number of amides is 1. The van der Waals surface area contributed by atoms with Gasteiger partial charge in [0.05, 0.1) is 6.04 Å². The smallest absolute Gasteiger partial charge is 0.234 e. The fourth-order valence-electron chi connectivity index (χ4n) is 2.60. The van der Waals surface area contributed by atoms with Crippen LogP contribution in [0.4, 0.5) is 10.1 Å². The van der Waals surface area contributed by atoms with Crippen LogP contribution in [0.15, 0.2) is 18.2 Å². The van der Waals surface area contributed by atoms with Crippen LogP contribution >= 0.6 is 0 Å². The van der Waals surface area contributed by atoms with Crippen molar-refractivity contribution in [3.63, 3.8) is 0 Å². The summed E-state index contributed by atoms with van der Waals surface area (Å²) in [6.07, 6.45) is 2.53. The minimum atomic E-state index is -0.322. The van der Waals surface area contributed by atoms with Crippen molar-refractivity contribution in [2.75, 3.05) is 24.5 Å². The third kappa shape index (κ3) is 3.48. The van der Waals surface area contributed by atoms with Crippen LogP contribution in [0.1, 0.15) is 25.3 Å². The number of carbonyl (C=O) groups is 1. The molecule has 0 saturated carbocycles. The van der Waals surface area contributed by atoms with Gasteiger partial charge in [0, 0.05) is 18.8 Å². The van der Waals surface area contributed by atoms with E-state index >= 15 is 0 Å². The Kier molecular flexibility index (Phi) is 4.95. The number of primary amides is 1. The Morgan fingerprint density at radius 2 is 2.35 bits per heavy atom. The summed E-state index contributed by atoms with van der Waals surface area (Å²) in [5, 5.41) is 3.15. The zero-order chi connectivity index (χ0) is 14.5. The van der Waals surface area contributed by atoms with E-state index in [2.05, 4.69) is 10.2 Å². The number of rotatable bonds is 7. The molecule has 1 aromatic carbocycles. The Morgan fingerprint density at radius 1 is 1.55 bits per heavy atom. The molecule has 1 aromatic rings. The van der Waals surface area contributed by atoms with Gasteiger partial charge in [-0.05, 0) is 43.5 Å². The number of nitrogens with two attached hydrogens (primary N) is 1. The van der Waals surface area contributed by atoms with Crippen LogP contribution in [0.2, 0.25) is 0 Å². The second kappa shape index (κ2) is 6.70. The summed E-state index contributed by atoms with van der Waals surface area (Å²) in [6.45, 7) is 4.40. The molecule has 0 saturated heterocycles. The van der Waals surface area contributed by atoms with Gasteiger partial charge in [0.2, 0.25) is 5.91 Å². The lowest BCUT2D eigenvalue weighted by molar-refractivity contribution is -0.120. The van der Waals surface area contributed by atoms with Gasteiger partial charge in [-0.15, -0.1) is 0 Å². The molecular weight excluding hydrogens is 257 g/mol. The molecule has 2 rings (SSSR count). The average molecular weight is 279 g/mol. The number of nitrogens with one attached hydrogen (secondary N) is 1. The first-order chi connectivity index (χ1) is 9.61. The molecule has 1 unspecified atom stereocenters. The van der Waals surface area contributed by atoms with Crippen LogP contribution in [0.25, 0.3) is 0 Å². The number of hydrogen-bond acceptors (Lipinski definition) is 3. The normalized spacial score (nSPS) is 15.2. The maximum absolute atomic E-state index is 13.3. The van der Waals surface area contributed by atoms with Crippen molar-refractivity contribution in [2.45, 2.75) is 32.2 Å². The van der Waals surface area contributed by atoms with E-state index in [1.165, 1.54) is 11.6 Å². The molecule has 0 fully saturated rings. The first kappa shape index (κ1) is 14.8. The van der Waals surface area contributed by atoms with Crippen LogP contribution in [0, 0.1) is 5.82 Å². The zero-order valence-electron chi connectivity index (χ0n) is 11.9. The summed E-state index contributed by atoms with van der Waals surface area (Å²) in [7, 11) is 0. The van der Waals surface area contributed by atoms with Crippen molar-refractivity contribution < 1.29 is 9.18 Å². The number of carbonyl (C=O) groups excluding carboxylic acids is 1. The topological polar surface area (TPSA) is 58.4 Å². The van der Waals surface area contributed by atoms with Crippen LogP contribution < -0.4 is 16.0 Å². The first-order valence-electron chi connectivity index (χ1n) is 7.18. The summed E-state index contributed by atoms with van der Waals surface area (Å²) < 4.78 is 13.3. The molecule has 1 atom stereocenters. The second-order valence-corrected chi connectivity index (χ2v) is 5.21.